The summed E-state index contributed by atoms with van der Waals surface area (Å²) < 4.78 is 0. The molecule has 0 aromatic heterocycles. The Kier molecular flexibility index (Phi) is 3.55. The molecule has 0 aliphatic heterocycles. The van der Waals surface area contributed by atoms with Gasteiger partial charge in [-0.05, 0) is 52.6 Å². The molecule has 0 aromatic carbocycles. The van der Waals surface area contributed by atoms with Gasteiger partial charge in [0, 0.05) is 0 Å². The van der Waals surface area contributed by atoms with Gasteiger partial charge in [0.2, 0.25) is 0 Å². The van der Waals surface area contributed by atoms with E-state index in [0.29, 0.717) is 0 Å². The van der Waals surface area contributed by atoms with Crippen molar-refractivity contribution < 1.29 is 0 Å². The van der Waals surface area contributed by atoms with E-state index in [0.717, 1.165) is 11.1 Å². The molecule has 19 heavy (non-hydrogen) atoms. The Morgan fingerprint density at radius 1 is 0.684 bits per heavy atom. The van der Waals surface area contributed by atoms with E-state index < -0.39 is 8.07 Å². The van der Waals surface area contributed by atoms with Crippen molar-refractivity contribution in [2.45, 2.75) is 65.7 Å². The maximum Gasteiger partial charge on any atom is 0.0713 e. The summed E-state index contributed by atoms with van der Waals surface area (Å²) in [5.41, 5.74) is 10.9. The lowest BCUT2D eigenvalue weighted by atomic mass is 10.1. The van der Waals surface area contributed by atoms with E-state index in [-0.39, 0.29) is 0 Å². The van der Waals surface area contributed by atoms with Crippen LogP contribution in [0.2, 0.25) is 24.2 Å². The van der Waals surface area contributed by atoms with Crippen molar-refractivity contribution in [3.63, 3.8) is 0 Å². The average Bonchev–Trinajstić information content (AvgIpc) is 2.66. The molecule has 1 heteroatoms. The third kappa shape index (κ3) is 2.12. The van der Waals surface area contributed by atoms with Crippen molar-refractivity contribution in [1.29, 1.82) is 0 Å². The van der Waals surface area contributed by atoms with Crippen LogP contribution in [0, 0.1) is 0 Å². The average molecular weight is 273 g/mol. The summed E-state index contributed by atoms with van der Waals surface area (Å²) in [6.07, 6.45) is 4.82. The fourth-order valence-electron chi connectivity index (χ4n) is 4.67. The van der Waals surface area contributed by atoms with Crippen LogP contribution in [0.4, 0.5) is 0 Å². The van der Waals surface area contributed by atoms with Crippen molar-refractivity contribution >= 4 is 8.07 Å². The lowest BCUT2D eigenvalue weighted by molar-refractivity contribution is 0.978. The fourth-order valence-corrected chi connectivity index (χ4v) is 10.2. The molecule has 2 aliphatic carbocycles. The van der Waals surface area contributed by atoms with Gasteiger partial charge < -0.3 is 0 Å². The molecule has 0 bridgehead atoms. The largest absolute Gasteiger partial charge is 0.0713 e. The summed E-state index contributed by atoms with van der Waals surface area (Å²) in [5.74, 6) is 0. The summed E-state index contributed by atoms with van der Waals surface area (Å²) >= 11 is 0. The molecule has 104 valence electrons. The van der Waals surface area contributed by atoms with Gasteiger partial charge in [0.25, 0.3) is 0 Å². The Morgan fingerprint density at radius 3 is 1.21 bits per heavy atom. The number of hydrogen-bond acceptors (Lipinski definition) is 0. The van der Waals surface area contributed by atoms with Crippen LogP contribution in [0.3, 0.4) is 0 Å². The lowest BCUT2D eigenvalue weighted by Gasteiger charge is -2.39. The van der Waals surface area contributed by atoms with Crippen molar-refractivity contribution in [1.82, 2.24) is 0 Å². The molecule has 0 radical (unpaired) electrons. The Hall–Kier alpha value is -0.823. The summed E-state index contributed by atoms with van der Waals surface area (Å²) in [5, 5.41) is 0. The Morgan fingerprint density at radius 2 is 1.00 bits per heavy atom. The number of hydrogen-bond donors (Lipinski definition) is 0. The van der Waals surface area contributed by atoms with Gasteiger partial charge in [-0.2, -0.15) is 0 Å². The molecule has 0 unspecified atom stereocenters. The van der Waals surface area contributed by atoms with Gasteiger partial charge in [0.15, 0.2) is 0 Å². The minimum atomic E-state index is -1.43. The molecule has 0 fully saturated rings. The topological polar surface area (TPSA) is 0 Å². The van der Waals surface area contributed by atoms with Crippen molar-refractivity contribution in [3.05, 3.63) is 45.6 Å². The molecule has 0 aromatic rings. The predicted octanol–water partition coefficient (Wildman–Crippen LogP) is 6.03. The van der Waals surface area contributed by atoms with Crippen LogP contribution in [0.15, 0.2) is 45.6 Å². The van der Waals surface area contributed by atoms with Gasteiger partial charge in [0.05, 0.1) is 8.07 Å². The van der Waals surface area contributed by atoms with Gasteiger partial charge in [-0.3, -0.25) is 0 Å². The van der Waals surface area contributed by atoms with E-state index in [9.17, 15) is 0 Å². The molecule has 0 saturated carbocycles. The molecule has 0 saturated heterocycles. The third-order valence-corrected chi connectivity index (χ3v) is 10.1. The number of allylic oxidation sites excluding steroid dienone is 8. The molecule has 0 nitrogen and oxygen atoms in total. The van der Waals surface area contributed by atoms with Crippen LogP contribution in [0.25, 0.3) is 0 Å². The highest BCUT2D eigenvalue weighted by Crippen LogP contribution is 2.53. The summed E-state index contributed by atoms with van der Waals surface area (Å²) in [6.45, 7) is 19.1. The first-order valence-electron chi connectivity index (χ1n) is 7.39. The molecule has 0 spiro atoms. The highest BCUT2D eigenvalue weighted by Gasteiger charge is 2.45. The molecule has 0 amide bonds. The lowest BCUT2D eigenvalue weighted by Crippen LogP contribution is -2.39. The van der Waals surface area contributed by atoms with Crippen molar-refractivity contribution in [3.8, 4) is 0 Å². The van der Waals surface area contributed by atoms with Crippen LogP contribution >= 0.6 is 0 Å². The van der Waals surface area contributed by atoms with Crippen LogP contribution < -0.4 is 0 Å². The molecule has 2 rings (SSSR count). The minimum Gasteiger partial charge on any atom is -0.0686 e. The highest BCUT2D eigenvalue weighted by molar-refractivity contribution is 6.82. The maximum absolute atomic E-state index is 2.58. The standard InChI is InChI=1S/C18H28Si/c1-11-9-13(3)17(15(11)5)19(7,8)18-14(4)10-12(2)16(18)6/h9-10,17-18H,1-8H3/t17-,18+. The second-order valence-electron chi connectivity index (χ2n) is 7.20. The zero-order chi connectivity index (χ0) is 14.5. The van der Waals surface area contributed by atoms with Crippen molar-refractivity contribution in [2.24, 2.45) is 0 Å². The van der Waals surface area contributed by atoms with Gasteiger partial charge in [-0.15, -0.1) is 0 Å². The first-order chi connectivity index (χ1) is 8.67. The van der Waals surface area contributed by atoms with E-state index in [1.807, 2.05) is 0 Å². The molecular formula is C18H28Si. The normalized spacial score (nSPS) is 28.2. The second kappa shape index (κ2) is 4.62. The van der Waals surface area contributed by atoms with E-state index in [1.54, 1.807) is 22.3 Å². The smallest absolute Gasteiger partial charge is 0.0686 e. The highest BCUT2D eigenvalue weighted by atomic mass is 28.3. The fraction of sp³-hybridized carbons (Fsp3) is 0.556. The Labute approximate surface area is 120 Å². The third-order valence-electron chi connectivity index (χ3n) is 5.40. The van der Waals surface area contributed by atoms with Gasteiger partial charge in [0.1, 0.15) is 0 Å². The summed E-state index contributed by atoms with van der Waals surface area (Å²) in [7, 11) is -1.43. The zero-order valence-corrected chi connectivity index (χ0v) is 14.8. The zero-order valence-electron chi connectivity index (χ0n) is 13.8. The maximum atomic E-state index is 2.58. The van der Waals surface area contributed by atoms with E-state index in [1.165, 1.54) is 11.1 Å². The first-order valence-corrected chi connectivity index (χ1v) is 10.5. The second-order valence-corrected chi connectivity index (χ2v) is 12.0. The van der Waals surface area contributed by atoms with Crippen molar-refractivity contribution in [2.75, 3.05) is 0 Å². The van der Waals surface area contributed by atoms with Crippen LogP contribution in [-0.4, -0.2) is 8.07 Å². The molecule has 0 heterocycles. The SMILES string of the molecule is CC1=CC(C)=C(C)[C@@H]1[Si](C)(C)[C@H]1C(C)=CC(C)=C1C. The van der Waals surface area contributed by atoms with Gasteiger partial charge in [-0.25, -0.2) is 0 Å². The minimum absolute atomic E-state index is 0.724. The van der Waals surface area contributed by atoms with E-state index in [4.69, 9.17) is 0 Å². The number of rotatable bonds is 2. The molecule has 2 aliphatic rings. The predicted molar refractivity (Wildman–Crippen MR) is 89.2 cm³/mol. The summed E-state index contributed by atoms with van der Waals surface area (Å²) in [4.78, 5) is 0. The Balaban J connectivity index is 2.46. The molecular weight excluding hydrogens is 244 g/mol. The van der Waals surface area contributed by atoms with Crippen LogP contribution in [-0.2, 0) is 0 Å². The molecule has 0 N–H and O–H groups in total. The van der Waals surface area contributed by atoms with Crippen LogP contribution in [0.1, 0.15) is 41.5 Å². The molecule has 2 atom stereocenters. The summed E-state index contributed by atoms with van der Waals surface area (Å²) in [6, 6.07) is 0. The monoisotopic (exact) mass is 272 g/mol. The Bertz CT molecular complexity index is 490. The van der Waals surface area contributed by atoms with Gasteiger partial charge in [-0.1, -0.05) is 58.7 Å². The quantitative estimate of drug-likeness (QED) is 0.539. The van der Waals surface area contributed by atoms with E-state index >= 15 is 0 Å². The first kappa shape index (κ1) is 14.6. The van der Waals surface area contributed by atoms with E-state index in [2.05, 4.69) is 66.8 Å². The van der Waals surface area contributed by atoms with Gasteiger partial charge >= 0.3 is 0 Å². The van der Waals surface area contributed by atoms with Crippen LogP contribution in [0.5, 0.6) is 0 Å².